The molecular formula is C14H20O. The third kappa shape index (κ3) is 2.40. The van der Waals surface area contributed by atoms with Gasteiger partial charge in [0.2, 0.25) is 0 Å². The molecule has 0 aliphatic heterocycles. The Bertz CT molecular complexity index is 323. The van der Waals surface area contributed by atoms with Crippen molar-refractivity contribution in [3.63, 3.8) is 0 Å². The molecule has 1 saturated carbocycles. The fourth-order valence-electron chi connectivity index (χ4n) is 2.18. The van der Waals surface area contributed by atoms with Crippen molar-refractivity contribution in [3.8, 4) is 0 Å². The fraction of sp³-hybridized carbons (Fsp3) is 0.571. The molecular weight excluding hydrogens is 184 g/mol. The first-order chi connectivity index (χ1) is 6.99. The maximum atomic E-state index is 6.03. The summed E-state index contributed by atoms with van der Waals surface area (Å²) in [5.74, 6) is 1.26. The molecule has 1 aromatic carbocycles. The van der Waals surface area contributed by atoms with Crippen molar-refractivity contribution >= 4 is 0 Å². The zero-order valence-electron chi connectivity index (χ0n) is 10.0. The van der Waals surface area contributed by atoms with Gasteiger partial charge >= 0.3 is 0 Å². The Balaban J connectivity index is 2.03. The van der Waals surface area contributed by atoms with Crippen molar-refractivity contribution < 1.29 is 4.74 Å². The summed E-state index contributed by atoms with van der Waals surface area (Å²) < 4.78 is 6.03. The standard InChI is InChI=1S/C14H20O/c1-10-12(11-8-6-5-7-9-11)13(10)15-14(2,3)4/h5-10,12-13H,1-4H3/t10-,12+,13+/m0/s1. The molecule has 1 aromatic rings. The summed E-state index contributed by atoms with van der Waals surface area (Å²) >= 11 is 0. The lowest BCUT2D eigenvalue weighted by atomic mass is 10.1. The molecule has 1 nitrogen and oxygen atoms in total. The summed E-state index contributed by atoms with van der Waals surface area (Å²) in [5, 5.41) is 0. The molecule has 0 radical (unpaired) electrons. The summed E-state index contributed by atoms with van der Waals surface area (Å²) in [4.78, 5) is 0. The molecule has 0 N–H and O–H groups in total. The van der Waals surface area contributed by atoms with E-state index >= 15 is 0 Å². The monoisotopic (exact) mass is 204 g/mol. The Morgan fingerprint density at radius 2 is 1.67 bits per heavy atom. The van der Waals surface area contributed by atoms with E-state index in [9.17, 15) is 0 Å². The largest absolute Gasteiger partial charge is 0.372 e. The SMILES string of the molecule is C[C@@H]1[C@@H](OC(C)(C)C)[C@H]1c1ccccc1. The van der Waals surface area contributed by atoms with Crippen LogP contribution in [0.1, 0.15) is 39.2 Å². The lowest BCUT2D eigenvalue weighted by molar-refractivity contribution is -0.0227. The minimum absolute atomic E-state index is 0.0253. The summed E-state index contributed by atoms with van der Waals surface area (Å²) in [6.45, 7) is 8.65. The molecule has 1 aliphatic carbocycles. The van der Waals surface area contributed by atoms with Gasteiger partial charge < -0.3 is 4.74 Å². The van der Waals surface area contributed by atoms with E-state index in [4.69, 9.17) is 4.74 Å². The second-order valence-electron chi connectivity index (χ2n) is 5.49. The van der Waals surface area contributed by atoms with Crippen LogP contribution in [0.2, 0.25) is 0 Å². The molecule has 0 aromatic heterocycles. The topological polar surface area (TPSA) is 9.23 Å². The zero-order valence-corrected chi connectivity index (χ0v) is 10.0. The average molecular weight is 204 g/mol. The van der Waals surface area contributed by atoms with Gasteiger partial charge in [-0.05, 0) is 32.3 Å². The third-order valence-corrected chi connectivity index (χ3v) is 2.97. The molecule has 0 saturated heterocycles. The second kappa shape index (κ2) is 3.64. The van der Waals surface area contributed by atoms with Gasteiger partial charge in [0, 0.05) is 5.92 Å². The Hall–Kier alpha value is -0.820. The molecule has 2 rings (SSSR count). The highest BCUT2D eigenvalue weighted by Gasteiger charge is 2.50. The van der Waals surface area contributed by atoms with Gasteiger partial charge in [0.25, 0.3) is 0 Å². The lowest BCUT2D eigenvalue weighted by Gasteiger charge is -2.19. The van der Waals surface area contributed by atoms with Crippen LogP contribution in [0.25, 0.3) is 0 Å². The van der Waals surface area contributed by atoms with Gasteiger partial charge in [0.15, 0.2) is 0 Å². The summed E-state index contributed by atoms with van der Waals surface area (Å²) in [7, 11) is 0. The van der Waals surface area contributed by atoms with Crippen molar-refractivity contribution in [2.75, 3.05) is 0 Å². The van der Waals surface area contributed by atoms with Crippen LogP contribution in [0.3, 0.4) is 0 Å². The van der Waals surface area contributed by atoms with Gasteiger partial charge in [-0.3, -0.25) is 0 Å². The zero-order chi connectivity index (χ0) is 11.1. The third-order valence-electron chi connectivity index (χ3n) is 2.97. The van der Waals surface area contributed by atoms with E-state index in [0.717, 1.165) is 0 Å². The van der Waals surface area contributed by atoms with Crippen LogP contribution in [-0.4, -0.2) is 11.7 Å². The summed E-state index contributed by atoms with van der Waals surface area (Å²) in [6.07, 6.45) is 0.410. The van der Waals surface area contributed by atoms with Crippen LogP contribution < -0.4 is 0 Å². The lowest BCUT2D eigenvalue weighted by Crippen LogP contribution is -2.21. The number of ether oxygens (including phenoxy) is 1. The van der Waals surface area contributed by atoms with E-state index in [0.29, 0.717) is 17.9 Å². The minimum atomic E-state index is -0.0253. The smallest absolute Gasteiger partial charge is 0.0686 e. The summed E-state index contributed by atoms with van der Waals surface area (Å²) in [5.41, 5.74) is 1.39. The highest BCUT2D eigenvalue weighted by molar-refractivity contribution is 5.28. The van der Waals surface area contributed by atoms with Gasteiger partial charge in [0.05, 0.1) is 11.7 Å². The highest BCUT2D eigenvalue weighted by atomic mass is 16.5. The molecule has 0 amide bonds. The van der Waals surface area contributed by atoms with E-state index in [1.165, 1.54) is 5.56 Å². The van der Waals surface area contributed by atoms with Crippen molar-refractivity contribution in [1.82, 2.24) is 0 Å². The normalized spacial score (nSPS) is 30.3. The Labute approximate surface area is 92.5 Å². The molecule has 1 fully saturated rings. The summed E-state index contributed by atoms with van der Waals surface area (Å²) in [6, 6.07) is 10.7. The molecule has 3 atom stereocenters. The van der Waals surface area contributed by atoms with Gasteiger partial charge in [-0.15, -0.1) is 0 Å². The number of benzene rings is 1. The van der Waals surface area contributed by atoms with Crippen molar-refractivity contribution in [2.45, 2.75) is 45.3 Å². The Kier molecular flexibility index (Phi) is 2.59. The van der Waals surface area contributed by atoms with Crippen LogP contribution in [0.15, 0.2) is 30.3 Å². The second-order valence-corrected chi connectivity index (χ2v) is 5.49. The van der Waals surface area contributed by atoms with Crippen LogP contribution in [-0.2, 0) is 4.74 Å². The number of hydrogen-bond donors (Lipinski definition) is 0. The molecule has 1 heteroatoms. The Morgan fingerprint density at radius 3 is 2.20 bits per heavy atom. The predicted molar refractivity (Wildman–Crippen MR) is 63.0 cm³/mol. The van der Waals surface area contributed by atoms with Crippen molar-refractivity contribution in [3.05, 3.63) is 35.9 Å². The van der Waals surface area contributed by atoms with Gasteiger partial charge in [0.1, 0.15) is 0 Å². The van der Waals surface area contributed by atoms with E-state index in [1.54, 1.807) is 0 Å². The molecule has 82 valence electrons. The van der Waals surface area contributed by atoms with Crippen molar-refractivity contribution in [2.24, 2.45) is 5.92 Å². The quantitative estimate of drug-likeness (QED) is 0.715. The Morgan fingerprint density at radius 1 is 1.07 bits per heavy atom. The first-order valence-corrected chi connectivity index (χ1v) is 5.72. The fourth-order valence-corrected chi connectivity index (χ4v) is 2.18. The first-order valence-electron chi connectivity index (χ1n) is 5.72. The number of rotatable bonds is 2. The molecule has 0 heterocycles. The van der Waals surface area contributed by atoms with Crippen LogP contribution in [0, 0.1) is 5.92 Å². The molecule has 0 unspecified atom stereocenters. The van der Waals surface area contributed by atoms with E-state index in [2.05, 4.69) is 58.0 Å². The average Bonchev–Trinajstić information content (AvgIpc) is 2.75. The maximum Gasteiger partial charge on any atom is 0.0686 e. The molecule has 0 spiro atoms. The maximum absolute atomic E-state index is 6.03. The van der Waals surface area contributed by atoms with E-state index in [1.807, 2.05) is 0 Å². The van der Waals surface area contributed by atoms with E-state index < -0.39 is 0 Å². The van der Waals surface area contributed by atoms with Gasteiger partial charge in [-0.2, -0.15) is 0 Å². The van der Waals surface area contributed by atoms with E-state index in [-0.39, 0.29) is 5.60 Å². The molecule has 1 aliphatic rings. The van der Waals surface area contributed by atoms with Crippen LogP contribution >= 0.6 is 0 Å². The molecule has 0 bridgehead atoms. The van der Waals surface area contributed by atoms with Gasteiger partial charge in [-0.25, -0.2) is 0 Å². The van der Waals surface area contributed by atoms with Gasteiger partial charge in [-0.1, -0.05) is 37.3 Å². The highest BCUT2D eigenvalue weighted by Crippen LogP contribution is 2.50. The predicted octanol–water partition coefficient (Wildman–Crippen LogP) is 3.60. The van der Waals surface area contributed by atoms with Crippen LogP contribution in [0.4, 0.5) is 0 Å². The first kappa shape index (κ1) is 10.7. The minimum Gasteiger partial charge on any atom is -0.372 e. The van der Waals surface area contributed by atoms with Crippen molar-refractivity contribution in [1.29, 1.82) is 0 Å². The molecule has 15 heavy (non-hydrogen) atoms. The number of hydrogen-bond acceptors (Lipinski definition) is 1. The van der Waals surface area contributed by atoms with Crippen LogP contribution in [0.5, 0.6) is 0 Å².